The molecule has 0 spiro atoms. The molecule has 3 heterocycles. The molecule has 10 rings (SSSR count). The summed E-state index contributed by atoms with van der Waals surface area (Å²) in [5, 5.41) is 2.37. The van der Waals surface area contributed by atoms with Crippen molar-refractivity contribution in [2.75, 3.05) is 9.80 Å². The molecule has 0 saturated carbocycles. The topological polar surface area (TPSA) is 45.0 Å². The molecule has 1 aliphatic heterocycles. The van der Waals surface area contributed by atoms with Gasteiger partial charge in [0.05, 0.1) is 33.3 Å². The monoisotopic (exact) mass is 661 g/mol. The minimum Gasteiger partial charge on any atom is -0.310 e. The van der Waals surface area contributed by atoms with Gasteiger partial charge in [-0.05, 0) is 91.0 Å². The van der Waals surface area contributed by atoms with E-state index in [1.807, 2.05) is 78.9 Å². The maximum absolute atomic E-state index is 14.7. The lowest BCUT2D eigenvalue weighted by Crippen LogP contribution is -2.19. The Morgan fingerprint density at radius 3 is 1.82 bits per heavy atom. The van der Waals surface area contributed by atoms with E-state index < -0.39 is 0 Å². The minimum absolute atomic E-state index is 0.0580. The molecule has 6 heteroatoms. The van der Waals surface area contributed by atoms with Gasteiger partial charge >= 0.3 is 0 Å². The number of hydrogen-bond donors (Lipinski definition) is 0. The Morgan fingerprint density at radius 2 is 1.10 bits per heavy atom. The third-order valence-electron chi connectivity index (χ3n) is 9.66. The number of nitrogens with zero attached hydrogens (tertiary/aromatic N) is 3. The molecule has 1 aliphatic rings. The second-order valence-corrected chi connectivity index (χ2v) is 13.5. The van der Waals surface area contributed by atoms with Gasteiger partial charge in [-0.1, -0.05) is 84.6 Å². The molecule has 0 radical (unpaired) electrons. The van der Waals surface area contributed by atoms with Crippen molar-refractivity contribution in [1.29, 1.82) is 0 Å². The van der Waals surface area contributed by atoms with Crippen LogP contribution in [0.4, 0.5) is 34.1 Å². The molecule has 7 aromatic carbocycles. The number of anilines is 6. The van der Waals surface area contributed by atoms with Crippen molar-refractivity contribution in [2.45, 2.75) is 9.79 Å². The predicted octanol–water partition coefficient (Wildman–Crippen LogP) is 11.0. The lowest BCUT2D eigenvalue weighted by Gasteiger charge is -2.35. The minimum atomic E-state index is -0.0722. The third kappa shape index (κ3) is 4.15. The summed E-state index contributed by atoms with van der Waals surface area (Å²) in [6.07, 6.45) is 0. The highest BCUT2D eigenvalue weighted by molar-refractivity contribution is 8.00. The molecule has 236 valence electrons. The fourth-order valence-electron chi connectivity index (χ4n) is 7.51. The molecule has 0 saturated heterocycles. The smallest absolute Gasteiger partial charge is 0.198 e. The van der Waals surface area contributed by atoms with Crippen LogP contribution in [0.1, 0.15) is 0 Å². The van der Waals surface area contributed by atoms with Crippen LogP contribution in [0.3, 0.4) is 0 Å². The van der Waals surface area contributed by atoms with E-state index in [0.29, 0.717) is 27.1 Å². The molecule has 0 bridgehead atoms. The SMILES string of the molecule is O=c1c2ccccc2n2c3ccc4c(c3c(=O)c3cccc1c32)Sc1ccc(N(c2ccccc2)c2ccccc2)cc1N4c1ccccc1. The second-order valence-electron chi connectivity index (χ2n) is 12.5. The highest BCUT2D eigenvalue weighted by Gasteiger charge is 2.30. The largest absolute Gasteiger partial charge is 0.310 e. The number of para-hydroxylation sites is 5. The zero-order valence-corrected chi connectivity index (χ0v) is 27.5. The molecule has 0 amide bonds. The highest BCUT2D eigenvalue weighted by Crippen LogP contribution is 2.54. The van der Waals surface area contributed by atoms with Crippen LogP contribution in [0.2, 0.25) is 0 Å². The first kappa shape index (κ1) is 28.6. The van der Waals surface area contributed by atoms with E-state index in [0.717, 1.165) is 54.9 Å². The van der Waals surface area contributed by atoms with Crippen molar-refractivity contribution in [1.82, 2.24) is 4.40 Å². The van der Waals surface area contributed by atoms with Gasteiger partial charge in [0, 0.05) is 48.7 Å². The zero-order valence-electron chi connectivity index (χ0n) is 26.7. The summed E-state index contributed by atoms with van der Waals surface area (Å²) in [4.78, 5) is 34.8. The average molecular weight is 662 g/mol. The van der Waals surface area contributed by atoms with Gasteiger partial charge in [-0.15, -0.1) is 0 Å². The first-order valence-corrected chi connectivity index (χ1v) is 17.3. The Balaban J connectivity index is 1.27. The maximum Gasteiger partial charge on any atom is 0.198 e. The van der Waals surface area contributed by atoms with E-state index in [1.165, 1.54) is 0 Å². The highest BCUT2D eigenvalue weighted by atomic mass is 32.2. The van der Waals surface area contributed by atoms with Gasteiger partial charge in [0.2, 0.25) is 0 Å². The normalized spacial score (nSPS) is 12.4. The van der Waals surface area contributed by atoms with Gasteiger partial charge in [-0.3, -0.25) is 9.59 Å². The van der Waals surface area contributed by atoms with Gasteiger partial charge in [0.25, 0.3) is 0 Å². The van der Waals surface area contributed by atoms with E-state index >= 15 is 0 Å². The van der Waals surface area contributed by atoms with Crippen LogP contribution in [0.25, 0.3) is 38.1 Å². The van der Waals surface area contributed by atoms with Crippen molar-refractivity contribution in [2.24, 2.45) is 0 Å². The molecular formula is C44H27N3O2S. The molecule has 0 aliphatic carbocycles. The van der Waals surface area contributed by atoms with E-state index in [-0.39, 0.29) is 10.9 Å². The fraction of sp³-hybridized carbons (Fsp3) is 0. The molecule has 2 aromatic heterocycles. The lowest BCUT2D eigenvalue weighted by molar-refractivity contribution is 1.16. The number of hydrogen-bond acceptors (Lipinski definition) is 5. The lowest BCUT2D eigenvalue weighted by atomic mass is 10.0. The Morgan fingerprint density at radius 1 is 0.480 bits per heavy atom. The molecule has 5 nitrogen and oxygen atoms in total. The Labute approximate surface area is 291 Å². The Kier molecular flexibility index (Phi) is 6.35. The molecule has 0 N–H and O–H groups in total. The Bertz CT molecular complexity index is 2850. The van der Waals surface area contributed by atoms with Gasteiger partial charge in [-0.25, -0.2) is 0 Å². The van der Waals surface area contributed by atoms with Crippen LogP contribution >= 0.6 is 11.8 Å². The van der Waals surface area contributed by atoms with Gasteiger partial charge in [0.15, 0.2) is 10.9 Å². The number of pyridine rings is 2. The van der Waals surface area contributed by atoms with Crippen LogP contribution in [-0.4, -0.2) is 4.40 Å². The number of fused-ring (bicyclic) bond motifs is 7. The number of benzene rings is 7. The van der Waals surface area contributed by atoms with Crippen LogP contribution in [0.5, 0.6) is 0 Å². The van der Waals surface area contributed by atoms with Crippen molar-refractivity contribution in [3.05, 3.63) is 184 Å². The molecule has 9 aromatic rings. The number of rotatable bonds is 4. The van der Waals surface area contributed by atoms with E-state index in [1.54, 1.807) is 11.8 Å². The summed E-state index contributed by atoms with van der Waals surface area (Å²) in [6.45, 7) is 0. The Hall–Kier alpha value is -6.37. The van der Waals surface area contributed by atoms with Crippen molar-refractivity contribution < 1.29 is 0 Å². The quantitative estimate of drug-likeness (QED) is 0.139. The standard InChI is InChI=1S/C44H27N3O2S/c48-42-32-19-10-11-22-35(32)47-36-24-25-37-44(40(36)43(49)34-21-12-20-33(42)41(34)47)50-39-26-23-31(27-38(39)46(37)30-17-8-3-9-18-30)45(28-13-4-1-5-14-28)29-15-6-2-7-16-29/h1-27H. The zero-order chi connectivity index (χ0) is 33.3. The van der Waals surface area contributed by atoms with E-state index in [4.69, 9.17) is 0 Å². The van der Waals surface area contributed by atoms with Gasteiger partial charge < -0.3 is 14.2 Å². The summed E-state index contributed by atoms with van der Waals surface area (Å²) in [5.41, 5.74) is 8.23. The van der Waals surface area contributed by atoms with Crippen LogP contribution in [-0.2, 0) is 0 Å². The summed E-state index contributed by atoms with van der Waals surface area (Å²) in [6, 6.07) is 55.0. The fourth-order valence-corrected chi connectivity index (χ4v) is 8.68. The summed E-state index contributed by atoms with van der Waals surface area (Å²) < 4.78 is 2.11. The number of aromatic nitrogens is 1. The molecule has 50 heavy (non-hydrogen) atoms. The maximum atomic E-state index is 14.7. The molecule has 0 atom stereocenters. The summed E-state index contributed by atoms with van der Waals surface area (Å²) >= 11 is 1.63. The molecule has 0 unspecified atom stereocenters. The summed E-state index contributed by atoms with van der Waals surface area (Å²) in [7, 11) is 0. The second kappa shape index (κ2) is 11.1. The first-order valence-electron chi connectivity index (χ1n) is 16.5. The summed E-state index contributed by atoms with van der Waals surface area (Å²) in [5.74, 6) is 0. The predicted molar refractivity (Wildman–Crippen MR) is 207 cm³/mol. The van der Waals surface area contributed by atoms with Crippen LogP contribution < -0.4 is 20.7 Å². The van der Waals surface area contributed by atoms with Crippen LogP contribution in [0, 0.1) is 0 Å². The molecular weight excluding hydrogens is 635 g/mol. The average Bonchev–Trinajstić information content (AvgIpc) is 3.18. The van der Waals surface area contributed by atoms with Gasteiger partial charge in [0.1, 0.15) is 0 Å². The molecule has 0 fully saturated rings. The van der Waals surface area contributed by atoms with Crippen LogP contribution in [0.15, 0.2) is 183 Å². The van der Waals surface area contributed by atoms with Gasteiger partial charge in [-0.2, -0.15) is 0 Å². The van der Waals surface area contributed by atoms with Crippen molar-refractivity contribution in [3.63, 3.8) is 0 Å². The van der Waals surface area contributed by atoms with E-state index in [9.17, 15) is 9.59 Å². The van der Waals surface area contributed by atoms with Crippen molar-refractivity contribution >= 4 is 84.0 Å². The van der Waals surface area contributed by atoms with E-state index in [2.05, 4.69) is 99.1 Å². The third-order valence-corrected chi connectivity index (χ3v) is 10.8. The van der Waals surface area contributed by atoms with Crippen molar-refractivity contribution in [3.8, 4) is 0 Å². The first-order chi connectivity index (χ1) is 24.7.